The maximum atomic E-state index is 12.1. The Morgan fingerprint density at radius 1 is 1.08 bits per heavy atom. The Morgan fingerprint density at radius 3 is 2.40 bits per heavy atom. The minimum absolute atomic E-state index is 0.331. The molecule has 2 heterocycles. The second-order valence-electron chi connectivity index (χ2n) is 5.55. The van der Waals surface area contributed by atoms with Crippen molar-refractivity contribution in [1.82, 2.24) is 4.98 Å². The van der Waals surface area contributed by atoms with Crippen molar-refractivity contribution >= 4 is 23.3 Å². The van der Waals surface area contributed by atoms with E-state index in [0.29, 0.717) is 12.4 Å². The number of nitrogens with zero attached hydrogens (tertiary/aromatic N) is 2. The number of pyridine rings is 1. The van der Waals surface area contributed by atoms with Gasteiger partial charge >= 0.3 is 6.36 Å². The molecule has 0 saturated carbocycles. The molecule has 0 aliphatic carbocycles. The molecule has 1 N–H and O–H groups in total. The number of halogens is 3. The van der Waals surface area contributed by atoms with Crippen LogP contribution in [0.3, 0.4) is 0 Å². The Bertz CT molecular complexity index is 671. The molecule has 1 fully saturated rings. The number of rotatable bonds is 5. The summed E-state index contributed by atoms with van der Waals surface area (Å²) in [5.41, 5.74) is 2.29. The summed E-state index contributed by atoms with van der Waals surface area (Å²) in [6, 6.07) is 11.0. The van der Waals surface area contributed by atoms with Gasteiger partial charge in [-0.2, -0.15) is 11.8 Å². The zero-order chi connectivity index (χ0) is 17.7. The third-order valence-corrected chi connectivity index (χ3v) is 4.70. The number of aromatic nitrogens is 1. The second kappa shape index (κ2) is 7.86. The third-order valence-electron chi connectivity index (χ3n) is 3.76. The van der Waals surface area contributed by atoms with Crippen LogP contribution >= 0.6 is 11.8 Å². The van der Waals surface area contributed by atoms with Crippen LogP contribution in [0.1, 0.15) is 5.56 Å². The van der Waals surface area contributed by atoms with Gasteiger partial charge in [-0.25, -0.2) is 4.98 Å². The summed E-state index contributed by atoms with van der Waals surface area (Å²) in [6.45, 7) is 2.68. The average Bonchev–Trinajstić information content (AvgIpc) is 2.61. The fourth-order valence-corrected chi connectivity index (χ4v) is 3.42. The van der Waals surface area contributed by atoms with Gasteiger partial charge in [0, 0.05) is 36.8 Å². The van der Waals surface area contributed by atoms with Crippen LogP contribution < -0.4 is 15.0 Å². The summed E-state index contributed by atoms with van der Waals surface area (Å²) in [6.07, 6.45) is -3.65. The molecule has 0 atom stereocenters. The predicted octanol–water partition coefficient (Wildman–Crippen LogP) is 4.15. The van der Waals surface area contributed by atoms with Gasteiger partial charge in [0.1, 0.15) is 11.6 Å². The van der Waals surface area contributed by atoms with Crippen molar-refractivity contribution in [3.05, 3.63) is 48.2 Å². The molecule has 134 valence electrons. The van der Waals surface area contributed by atoms with Crippen LogP contribution in [0, 0.1) is 0 Å². The van der Waals surface area contributed by atoms with E-state index in [2.05, 4.69) is 32.1 Å². The number of hydrogen-bond acceptors (Lipinski definition) is 5. The SMILES string of the molecule is FC(F)(F)Oc1ccc(NCc2ccc(N3CCSCC3)cc2)nc1. The maximum absolute atomic E-state index is 12.1. The molecule has 0 spiro atoms. The highest BCUT2D eigenvalue weighted by Gasteiger charge is 2.31. The van der Waals surface area contributed by atoms with Gasteiger partial charge in [-0.3, -0.25) is 0 Å². The first kappa shape index (κ1) is 17.7. The lowest BCUT2D eigenvalue weighted by Gasteiger charge is -2.28. The van der Waals surface area contributed by atoms with Gasteiger partial charge in [-0.15, -0.1) is 13.2 Å². The van der Waals surface area contributed by atoms with Crippen molar-refractivity contribution < 1.29 is 17.9 Å². The summed E-state index contributed by atoms with van der Waals surface area (Å²) in [5, 5.41) is 3.09. The first-order chi connectivity index (χ1) is 12.0. The minimum Gasteiger partial charge on any atom is -0.404 e. The number of alkyl halides is 3. The van der Waals surface area contributed by atoms with Gasteiger partial charge in [-0.1, -0.05) is 12.1 Å². The molecule has 1 aliphatic rings. The van der Waals surface area contributed by atoms with Gasteiger partial charge in [-0.05, 0) is 29.8 Å². The molecule has 0 amide bonds. The van der Waals surface area contributed by atoms with Crippen LogP contribution in [0.4, 0.5) is 24.7 Å². The predicted molar refractivity (Wildman–Crippen MR) is 94.2 cm³/mol. The van der Waals surface area contributed by atoms with E-state index in [1.807, 2.05) is 23.9 Å². The molecule has 4 nitrogen and oxygen atoms in total. The normalized spacial score (nSPS) is 15.1. The molecular weight excluding hydrogens is 351 g/mol. The number of hydrogen-bond donors (Lipinski definition) is 1. The molecule has 2 aromatic rings. The van der Waals surface area contributed by atoms with Gasteiger partial charge in [0.15, 0.2) is 0 Å². The van der Waals surface area contributed by atoms with Crippen molar-refractivity contribution in [3.63, 3.8) is 0 Å². The van der Waals surface area contributed by atoms with Crippen LogP contribution in [-0.4, -0.2) is 35.9 Å². The van der Waals surface area contributed by atoms with Crippen molar-refractivity contribution in [1.29, 1.82) is 0 Å². The van der Waals surface area contributed by atoms with E-state index in [9.17, 15) is 13.2 Å². The molecule has 1 aromatic heterocycles. The van der Waals surface area contributed by atoms with E-state index in [1.165, 1.54) is 17.8 Å². The second-order valence-corrected chi connectivity index (χ2v) is 6.77. The van der Waals surface area contributed by atoms with Crippen LogP contribution in [0.5, 0.6) is 5.75 Å². The van der Waals surface area contributed by atoms with E-state index >= 15 is 0 Å². The van der Waals surface area contributed by atoms with E-state index in [-0.39, 0.29) is 5.75 Å². The number of nitrogens with one attached hydrogen (secondary N) is 1. The van der Waals surface area contributed by atoms with Crippen molar-refractivity contribution in [2.24, 2.45) is 0 Å². The minimum atomic E-state index is -4.70. The van der Waals surface area contributed by atoms with Gasteiger partial charge in [0.05, 0.1) is 6.20 Å². The quantitative estimate of drug-likeness (QED) is 0.857. The highest BCUT2D eigenvalue weighted by Crippen LogP contribution is 2.23. The van der Waals surface area contributed by atoms with Crippen molar-refractivity contribution in [3.8, 4) is 5.75 Å². The summed E-state index contributed by atoms with van der Waals surface area (Å²) < 4.78 is 40.1. The average molecular weight is 369 g/mol. The molecular formula is C17H18F3N3OS. The standard InChI is InChI=1S/C17H18F3N3OS/c18-17(19,20)24-15-5-6-16(22-12-15)21-11-13-1-3-14(4-2-13)23-7-9-25-10-8-23/h1-6,12H,7-11H2,(H,21,22). The molecule has 1 aromatic carbocycles. The lowest BCUT2D eigenvalue weighted by Crippen LogP contribution is -2.32. The fourth-order valence-electron chi connectivity index (χ4n) is 2.52. The summed E-state index contributed by atoms with van der Waals surface area (Å²) >= 11 is 1.98. The molecule has 25 heavy (non-hydrogen) atoms. The Kier molecular flexibility index (Phi) is 5.57. The summed E-state index contributed by atoms with van der Waals surface area (Å²) in [5.74, 6) is 2.47. The molecule has 8 heteroatoms. The van der Waals surface area contributed by atoms with Crippen LogP contribution in [0.2, 0.25) is 0 Å². The molecule has 0 radical (unpaired) electrons. The summed E-state index contributed by atoms with van der Waals surface area (Å²) in [7, 11) is 0. The van der Waals surface area contributed by atoms with Gasteiger partial charge < -0.3 is 15.0 Å². The lowest BCUT2D eigenvalue weighted by atomic mass is 10.2. The number of ether oxygens (including phenoxy) is 1. The fraction of sp³-hybridized carbons (Fsp3) is 0.353. The molecule has 1 aliphatic heterocycles. The monoisotopic (exact) mass is 369 g/mol. The Hall–Kier alpha value is -2.09. The lowest BCUT2D eigenvalue weighted by molar-refractivity contribution is -0.274. The Labute approximate surface area is 148 Å². The van der Waals surface area contributed by atoms with Crippen molar-refractivity contribution in [2.75, 3.05) is 34.8 Å². The highest BCUT2D eigenvalue weighted by atomic mass is 32.2. The van der Waals surface area contributed by atoms with Gasteiger partial charge in [0.25, 0.3) is 0 Å². The molecule has 0 bridgehead atoms. The third kappa shape index (κ3) is 5.45. The van der Waals surface area contributed by atoms with E-state index < -0.39 is 6.36 Å². The zero-order valence-electron chi connectivity index (χ0n) is 13.4. The number of benzene rings is 1. The Morgan fingerprint density at radius 2 is 1.80 bits per heavy atom. The number of anilines is 2. The first-order valence-electron chi connectivity index (χ1n) is 7.87. The van der Waals surface area contributed by atoms with E-state index in [0.717, 1.165) is 36.4 Å². The van der Waals surface area contributed by atoms with Crippen molar-refractivity contribution in [2.45, 2.75) is 12.9 Å². The van der Waals surface area contributed by atoms with E-state index in [4.69, 9.17) is 0 Å². The maximum Gasteiger partial charge on any atom is 0.573 e. The molecule has 0 unspecified atom stereocenters. The molecule has 1 saturated heterocycles. The van der Waals surface area contributed by atoms with E-state index in [1.54, 1.807) is 0 Å². The van der Waals surface area contributed by atoms with Crippen LogP contribution in [-0.2, 0) is 6.54 Å². The van der Waals surface area contributed by atoms with Crippen LogP contribution in [0.15, 0.2) is 42.6 Å². The first-order valence-corrected chi connectivity index (χ1v) is 9.02. The molecule has 3 rings (SSSR count). The zero-order valence-corrected chi connectivity index (χ0v) is 14.2. The smallest absolute Gasteiger partial charge is 0.404 e. The number of thioether (sulfide) groups is 1. The topological polar surface area (TPSA) is 37.4 Å². The van der Waals surface area contributed by atoms with Crippen LogP contribution in [0.25, 0.3) is 0 Å². The van der Waals surface area contributed by atoms with Gasteiger partial charge in [0.2, 0.25) is 0 Å². The Balaban J connectivity index is 1.52. The summed E-state index contributed by atoms with van der Waals surface area (Å²) in [4.78, 5) is 6.29. The largest absolute Gasteiger partial charge is 0.573 e. The highest BCUT2D eigenvalue weighted by molar-refractivity contribution is 7.99.